The Balaban J connectivity index is 1.73. The van der Waals surface area contributed by atoms with Crippen molar-refractivity contribution in [2.45, 2.75) is 39.8 Å². The Kier molecular flexibility index (Phi) is 6.58. The number of halogens is 1. The quantitative estimate of drug-likeness (QED) is 0.599. The fourth-order valence-electron chi connectivity index (χ4n) is 3.10. The number of nitrogens with one attached hydrogen (secondary N) is 1. The van der Waals surface area contributed by atoms with Gasteiger partial charge < -0.3 is 10.2 Å². The number of nitrogens with zero attached hydrogens (tertiary/aromatic N) is 3. The minimum atomic E-state index is -0.177. The van der Waals surface area contributed by atoms with Gasteiger partial charge in [0.05, 0.1) is 0 Å². The van der Waals surface area contributed by atoms with Crippen molar-refractivity contribution in [1.29, 1.82) is 0 Å². The molecule has 28 heavy (non-hydrogen) atoms. The topological polar surface area (TPSA) is 41.1 Å². The third-order valence-corrected chi connectivity index (χ3v) is 4.59. The van der Waals surface area contributed by atoms with Gasteiger partial charge in [-0.2, -0.15) is 4.98 Å². The lowest BCUT2D eigenvalue weighted by molar-refractivity contribution is 0.610. The average molecular weight is 378 g/mol. The third kappa shape index (κ3) is 5.28. The molecule has 1 aromatic heterocycles. The summed E-state index contributed by atoms with van der Waals surface area (Å²) in [7, 11) is 0. The van der Waals surface area contributed by atoms with Crippen molar-refractivity contribution in [3.8, 4) is 0 Å². The van der Waals surface area contributed by atoms with Gasteiger partial charge >= 0.3 is 0 Å². The summed E-state index contributed by atoms with van der Waals surface area (Å²) >= 11 is 0. The molecular formula is C23H27FN4. The molecule has 0 amide bonds. The molecule has 0 aliphatic heterocycles. The molecule has 0 spiro atoms. The second kappa shape index (κ2) is 9.31. The summed E-state index contributed by atoms with van der Waals surface area (Å²) in [6.07, 6.45) is 0.581. The molecule has 1 N–H and O–H groups in total. The van der Waals surface area contributed by atoms with Crippen molar-refractivity contribution in [1.82, 2.24) is 9.97 Å². The minimum Gasteiger partial charge on any atom is -0.354 e. The van der Waals surface area contributed by atoms with Gasteiger partial charge in [0.1, 0.15) is 11.6 Å². The molecule has 3 aromatic rings. The second-order valence-corrected chi connectivity index (χ2v) is 7.17. The molecule has 2 aromatic carbocycles. The van der Waals surface area contributed by atoms with Crippen LogP contribution in [-0.4, -0.2) is 22.6 Å². The van der Waals surface area contributed by atoms with E-state index >= 15 is 0 Å². The van der Waals surface area contributed by atoms with Crippen molar-refractivity contribution in [2.24, 2.45) is 0 Å². The Morgan fingerprint density at radius 1 is 1.00 bits per heavy atom. The SMILES string of the molecule is Cc1cc(N(Cc2ccccc2)C(C)C)nc(NCCc2ccccc2F)n1. The molecule has 0 radical (unpaired) electrons. The van der Waals surface area contributed by atoms with Crippen molar-refractivity contribution in [3.63, 3.8) is 0 Å². The Bertz CT molecular complexity index is 896. The van der Waals surface area contributed by atoms with Crippen LogP contribution in [0, 0.1) is 12.7 Å². The Morgan fingerprint density at radius 2 is 1.71 bits per heavy atom. The van der Waals surface area contributed by atoms with Gasteiger partial charge in [0, 0.05) is 30.9 Å². The number of aromatic nitrogens is 2. The maximum absolute atomic E-state index is 13.8. The maximum atomic E-state index is 13.8. The normalized spacial score (nSPS) is 10.9. The highest BCUT2D eigenvalue weighted by Crippen LogP contribution is 2.20. The minimum absolute atomic E-state index is 0.177. The van der Waals surface area contributed by atoms with E-state index in [1.807, 2.05) is 25.1 Å². The Morgan fingerprint density at radius 3 is 2.43 bits per heavy atom. The standard InChI is InChI=1S/C23H27FN4/c1-17(2)28(16-19-9-5-4-6-10-19)22-15-18(3)26-23(27-22)25-14-13-20-11-7-8-12-21(20)24/h4-12,15,17H,13-14,16H2,1-3H3,(H,25,26,27). The van der Waals surface area contributed by atoms with E-state index in [1.54, 1.807) is 12.1 Å². The van der Waals surface area contributed by atoms with E-state index < -0.39 is 0 Å². The molecule has 0 fully saturated rings. The number of anilines is 2. The monoisotopic (exact) mass is 378 g/mol. The summed E-state index contributed by atoms with van der Waals surface area (Å²) < 4.78 is 13.8. The highest BCUT2D eigenvalue weighted by molar-refractivity contribution is 5.46. The number of benzene rings is 2. The molecule has 0 aliphatic carbocycles. The molecule has 4 nitrogen and oxygen atoms in total. The van der Waals surface area contributed by atoms with Crippen molar-refractivity contribution in [3.05, 3.63) is 83.3 Å². The first-order valence-electron chi connectivity index (χ1n) is 9.66. The lowest BCUT2D eigenvalue weighted by Crippen LogP contribution is -2.31. The summed E-state index contributed by atoms with van der Waals surface area (Å²) in [4.78, 5) is 11.5. The zero-order chi connectivity index (χ0) is 19.9. The van der Waals surface area contributed by atoms with Crippen molar-refractivity contribution < 1.29 is 4.39 Å². The first-order valence-corrected chi connectivity index (χ1v) is 9.66. The molecule has 146 valence electrons. The predicted octanol–water partition coefficient (Wildman–Crippen LogP) is 4.99. The molecule has 1 heterocycles. The molecule has 0 saturated carbocycles. The fourth-order valence-corrected chi connectivity index (χ4v) is 3.10. The van der Waals surface area contributed by atoms with Gasteiger partial charge in [-0.15, -0.1) is 0 Å². The molecule has 0 bridgehead atoms. The zero-order valence-corrected chi connectivity index (χ0v) is 16.7. The molecular weight excluding hydrogens is 351 g/mol. The molecule has 0 atom stereocenters. The third-order valence-electron chi connectivity index (χ3n) is 4.59. The molecule has 0 aliphatic rings. The highest BCUT2D eigenvalue weighted by Gasteiger charge is 2.15. The van der Waals surface area contributed by atoms with Crippen LogP contribution >= 0.6 is 0 Å². The number of rotatable bonds is 8. The Labute approximate surface area is 166 Å². The lowest BCUT2D eigenvalue weighted by atomic mass is 10.1. The van der Waals surface area contributed by atoms with Crippen LogP contribution in [0.3, 0.4) is 0 Å². The van der Waals surface area contributed by atoms with E-state index in [4.69, 9.17) is 4.98 Å². The van der Waals surface area contributed by atoms with Gasteiger partial charge in [0.25, 0.3) is 0 Å². The average Bonchev–Trinajstić information content (AvgIpc) is 2.68. The first-order chi connectivity index (χ1) is 13.5. The highest BCUT2D eigenvalue weighted by atomic mass is 19.1. The van der Waals surface area contributed by atoms with Crippen LogP contribution in [0.15, 0.2) is 60.7 Å². The number of aryl methyl sites for hydroxylation is 1. The first kappa shape index (κ1) is 19.8. The van der Waals surface area contributed by atoms with E-state index in [0.717, 1.165) is 18.1 Å². The van der Waals surface area contributed by atoms with Crippen molar-refractivity contribution >= 4 is 11.8 Å². The summed E-state index contributed by atoms with van der Waals surface area (Å²) in [5.74, 6) is 1.29. The van der Waals surface area contributed by atoms with Crippen LogP contribution in [0.2, 0.25) is 0 Å². The summed E-state index contributed by atoms with van der Waals surface area (Å²) in [5, 5.41) is 3.24. The number of hydrogen-bond acceptors (Lipinski definition) is 4. The van der Waals surface area contributed by atoms with Gasteiger partial charge in [-0.1, -0.05) is 48.5 Å². The van der Waals surface area contributed by atoms with E-state index in [2.05, 4.69) is 53.3 Å². The van der Waals surface area contributed by atoms with E-state index in [-0.39, 0.29) is 5.82 Å². The number of hydrogen-bond donors (Lipinski definition) is 1. The van der Waals surface area contributed by atoms with E-state index in [0.29, 0.717) is 30.5 Å². The maximum Gasteiger partial charge on any atom is 0.224 e. The summed E-state index contributed by atoms with van der Waals surface area (Å²) in [5.41, 5.74) is 2.83. The lowest BCUT2D eigenvalue weighted by Gasteiger charge is -2.28. The summed E-state index contributed by atoms with van der Waals surface area (Å²) in [6, 6.07) is 19.5. The van der Waals surface area contributed by atoms with Crippen molar-refractivity contribution in [2.75, 3.05) is 16.8 Å². The van der Waals surface area contributed by atoms with Crippen LogP contribution < -0.4 is 10.2 Å². The second-order valence-electron chi connectivity index (χ2n) is 7.17. The molecule has 0 saturated heterocycles. The van der Waals surface area contributed by atoms with Gasteiger partial charge in [0.15, 0.2) is 0 Å². The fraction of sp³-hybridized carbons (Fsp3) is 0.304. The summed E-state index contributed by atoms with van der Waals surface area (Å²) in [6.45, 7) is 7.64. The van der Waals surface area contributed by atoms with Crippen LogP contribution in [-0.2, 0) is 13.0 Å². The van der Waals surface area contributed by atoms with Crippen LogP contribution in [0.4, 0.5) is 16.2 Å². The van der Waals surface area contributed by atoms with Crippen LogP contribution in [0.5, 0.6) is 0 Å². The zero-order valence-electron chi connectivity index (χ0n) is 16.7. The Hall–Kier alpha value is -2.95. The van der Waals surface area contributed by atoms with Gasteiger partial charge in [-0.05, 0) is 44.4 Å². The van der Waals surface area contributed by atoms with Gasteiger partial charge in [-0.3, -0.25) is 0 Å². The molecule has 5 heteroatoms. The van der Waals surface area contributed by atoms with E-state index in [1.165, 1.54) is 11.6 Å². The van der Waals surface area contributed by atoms with E-state index in [9.17, 15) is 4.39 Å². The predicted molar refractivity (Wildman–Crippen MR) is 113 cm³/mol. The van der Waals surface area contributed by atoms with Crippen LogP contribution in [0.1, 0.15) is 30.7 Å². The smallest absolute Gasteiger partial charge is 0.224 e. The van der Waals surface area contributed by atoms with Gasteiger partial charge in [0.2, 0.25) is 5.95 Å². The molecule has 3 rings (SSSR count). The van der Waals surface area contributed by atoms with Crippen LogP contribution in [0.25, 0.3) is 0 Å². The van der Waals surface area contributed by atoms with Gasteiger partial charge in [-0.25, -0.2) is 9.37 Å². The largest absolute Gasteiger partial charge is 0.354 e. The molecule has 0 unspecified atom stereocenters.